The molecule has 25 heavy (non-hydrogen) atoms. The lowest BCUT2D eigenvalue weighted by Gasteiger charge is -2.07. The summed E-state index contributed by atoms with van der Waals surface area (Å²) in [6.07, 6.45) is 0.926. The van der Waals surface area contributed by atoms with Crippen LogP contribution in [0.25, 0.3) is 6.20 Å². The van der Waals surface area contributed by atoms with E-state index in [-0.39, 0.29) is 23.4 Å². The molecule has 0 spiro atoms. The van der Waals surface area contributed by atoms with E-state index in [1.54, 1.807) is 6.92 Å². The molecule has 14 heteroatoms. The molecule has 0 saturated carbocycles. The van der Waals surface area contributed by atoms with Crippen LogP contribution in [0.1, 0.15) is 19.8 Å². The van der Waals surface area contributed by atoms with Crippen molar-refractivity contribution in [3.8, 4) is 0 Å². The van der Waals surface area contributed by atoms with Crippen LogP contribution in [0.3, 0.4) is 0 Å². The number of halogens is 6. The minimum Gasteiger partial charge on any atom is -0.218 e. The van der Waals surface area contributed by atoms with Crippen molar-refractivity contribution in [3.05, 3.63) is 12.8 Å². The van der Waals surface area contributed by atoms with Gasteiger partial charge < -0.3 is 0 Å². The van der Waals surface area contributed by atoms with Gasteiger partial charge in [-0.25, -0.2) is 21.4 Å². The maximum atomic E-state index is 12.9. The average molecular weight is 415 g/mol. The molecule has 0 aliphatic carbocycles. The van der Waals surface area contributed by atoms with Crippen molar-refractivity contribution in [2.24, 2.45) is 0 Å². The number of hydrogen-bond donors (Lipinski definition) is 0. The fourth-order valence-corrected chi connectivity index (χ4v) is 3.92. The molecule has 0 radical (unpaired) electrons. The second kappa shape index (κ2) is 6.63. The Labute approximate surface area is 139 Å². The van der Waals surface area contributed by atoms with E-state index in [0.717, 1.165) is 0 Å². The van der Waals surface area contributed by atoms with E-state index in [9.17, 15) is 43.2 Å². The van der Waals surface area contributed by atoms with Gasteiger partial charge in [-0.2, -0.15) is 30.9 Å². The van der Waals surface area contributed by atoms with Crippen molar-refractivity contribution < 1.29 is 47.7 Å². The monoisotopic (exact) mass is 415 g/mol. The molecule has 0 atom stereocenters. The predicted octanol–water partition coefficient (Wildman–Crippen LogP) is 2.26. The Morgan fingerprint density at radius 3 is 1.92 bits per heavy atom. The number of rotatable bonds is 6. The molecule has 0 fully saturated rings. The van der Waals surface area contributed by atoms with Crippen molar-refractivity contribution in [3.63, 3.8) is 0 Å². The van der Waals surface area contributed by atoms with Crippen molar-refractivity contribution in [1.82, 2.24) is 4.57 Å². The van der Waals surface area contributed by atoms with Crippen LogP contribution < -0.4 is 4.57 Å². The van der Waals surface area contributed by atoms with Crippen LogP contribution in [0.4, 0.5) is 26.3 Å². The third-order valence-corrected chi connectivity index (χ3v) is 6.00. The highest BCUT2D eigenvalue weighted by atomic mass is 32.2. The predicted molar refractivity (Wildman–Crippen MR) is 72.4 cm³/mol. The lowest BCUT2D eigenvalue weighted by Crippen LogP contribution is -2.42. The van der Waals surface area contributed by atoms with Crippen LogP contribution in [0.2, 0.25) is 0 Å². The number of nitrogens with zero attached hydrogens (tertiary/aromatic N) is 2. The van der Waals surface area contributed by atoms with E-state index in [1.807, 2.05) is 0 Å². The molecule has 0 aliphatic rings. The zero-order chi connectivity index (χ0) is 19.8. The molecular formula is C11H13F6N2O4S2+. The number of imidazole rings is 1. The molecule has 144 valence electrons. The third-order valence-electron chi connectivity index (χ3n) is 3.02. The van der Waals surface area contributed by atoms with Crippen LogP contribution in [0.15, 0.2) is 23.0 Å². The molecule has 0 aliphatic heterocycles. The largest absolute Gasteiger partial charge is 0.509 e. The topological polar surface area (TPSA) is 77.1 Å². The summed E-state index contributed by atoms with van der Waals surface area (Å²) in [4.78, 5) is 0. The van der Waals surface area contributed by atoms with Gasteiger partial charge in [0.25, 0.3) is 5.03 Å². The zero-order valence-corrected chi connectivity index (χ0v) is 14.2. The molecule has 0 unspecified atom stereocenters. The normalized spacial score (nSPS) is 13.9. The van der Waals surface area contributed by atoms with Gasteiger partial charge in [-0.1, -0.05) is 19.9 Å². The summed E-state index contributed by atoms with van der Waals surface area (Å²) in [6, 6.07) is 0. The first kappa shape index (κ1) is 21.5. The van der Waals surface area contributed by atoms with Gasteiger partial charge in [-0.15, -0.1) is 0 Å². The number of aryl methyl sites for hydroxylation is 1. The van der Waals surface area contributed by atoms with E-state index < -0.39 is 47.4 Å². The molecular weight excluding hydrogens is 402 g/mol. The maximum absolute atomic E-state index is 12.9. The second-order valence-electron chi connectivity index (χ2n) is 4.75. The average Bonchev–Trinajstić information content (AvgIpc) is 2.82. The first-order valence-electron chi connectivity index (χ1n) is 6.52. The van der Waals surface area contributed by atoms with Crippen LogP contribution in [0.5, 0.6) is 0 Å². The van der Waals surface area contributed by atoms with Crippen molar-refractivity contribution in [1.29, 1.82) is 0 Å². The van der Waals surface area contributed by atoms with Gasteiger partial charge in [0.15, 0.2) is 6.20 Å². The van der Waals surface area contributed by atoms with E-state index in [4.69, 9.17) is 0 Å². The van der Waals surface area contributed by atoms with Crippen LogP contribution in [-0.2, 0) is 26.2 Å². The summed E-state index contributed by atoms with van der Waals surface area (Å²) in [5.74, 6) is 0. The summed E-state index contributed by atoms with van der Waals surface area (Å²) in [7, 11) is -12.3. The van der Waals surface area contributed by atoms with E-state index in [1.165, 1.54) is 0 Å². The quantitative estimate of drug-likeness (QED) is 0.528. The minimum absolute atomic E-state index is 0.0949. The van der Waals surface area contributed by atoms with Gasteiger partial charge >= 0.3 is 35.8 Å². The van der Waals surface area contributed by atoms with Crippen molar-refractivity contribution >= 4 is 25.9 Å². The molecule has 1 aromatic heterocycles. The Balaban J connectivity index is 3.93. The summed E-state index contributed by atoms with van der Waals surface area (Å²) in [6.45, 7) is 4.07. The number of hydrogen-bond acceptors (Lipinski definition) is 4. The highest BCUT2D eigenvalue weighted by Gasteiger charge is 2.58. The number of aromatic nitrogens is 2. The molecule has 0 bridgehead atoms. The third kappa shape index (κ3) is 3.68. The Morgan fingerprint density at radius 1 is 1.08 bits per heavy atom. The van der Waals surface area contributed by atoms with E-state index in [0.29, 0.717) is 11.0 Å². The maximum Gasteiger partial charge on any atom is 0.509 e. The Bertz CT molecular complexity index is 866. The van der Waals surface area contributed by atoms with E-state index in [2.05, 4.69) is 6.58 Å². The fraction of sp³-hybridized carbons (Fsp3) is 0.545. The van der Waals surface area contributed by atoms with Gasteiger partial charge in [0.1, 0.15) is 0 Å². The van der Waals surface area contributed by atoms with Gasteiger partial charge in [0, 0.05) is 0 Å². The number of unbranched alkanes of at least 4 members (excludes halogenated alkanes) is 1. The Morgan fingerprint density at radius 2 is 1.56 bits per heavy atom. The second-order valence-corrected chi connectivity index (χ2v) is 8.47. The van der Waals surface area contributed by atoms with Crippen molar-refractivity contribution in [2.75, 3.05) is 0 Å². The molecule has 1 rings (SSSR count). The first-order valence-corrected chi connectivity index (χ1v) is 9.49. The molecule has 1 aromatic rings. The molecule has 0 amide bonds. The lowest BCUT2D eigenvalue weighted by molar-refractivity contribution is -0.734. The smallest absolute Gasteiger partial charge is 0.218 e. The standard InChI is InChI=1S/C11H13F6N2O4S2/c1-3-5-6-18-7-8(24(20,21)10(12,13)14)19(4-2)9(18)25(22,23)11(15,16)17/h4,7H,2-3,5-6H2,1H3/q+1. The van der Waals surface area contributed by atoms with Crippen molar-refractivity contribution in [2.45, 2.75) is 47.5 Å². The van der Waals surface area contributed by atoms with Crippen LogP contribution >= 0.6 is 0 Å². The Kier molecular flexibility index (Phi) is 5.69. The van der Waals surface area contributed by atoms with E-state index >= 15 is 0 Å². The fourth-order valence-electron chi connectivity index (χ4n) is 1.84. The highest BCUT2D eigenvalue weighted by molar-refractivity contribution is 7.92. The molecule has 6 nitrogen and oxygen atoms in total. The zero-order valence-electron chi connectivity index (χ0n) is 12.6. The van der Waals surface area contributed by atoms with Gasteiger partial charge in [-0.3, -0.25) is 0 Å². The SMILES string of the molecule is C=Cn1c(S(=O)(=O)C(F)(F)F)c[n+](CCCC)c1S(=O)(=O)C(F)(F)F. The minimum atomic E-state index is -6.14. The van der Waals surface area contributed by atoms with Crippen LogP contribution in [-0.4, -0.2) is 32.4 Å². The Hall–Kier alpha value is -1.57. The first-order chi connectivity index (χ1) is 11.1. The summed E-state index contributed by atoms with van der Waals surface area (Å²) in [5, 5.41) is -3.33. The molecule has 0 N–H and O–H groups in total. The highest BCUT2D eigenvalue weighted by Crippen LogP contribution is 2.34. The summed E-state index contributed by atoms with van der Waals surface area (Å²) >= 11 is 0. The lowest BCUT2D eigenvalue weighted by atomic mass is 10.3. The van der Waals surface area contributed by atoms with Gasteiger partial charge in [-0.05, 0) is 6.42 Å². The van der Waals surface area contributed by atoms with Gasteiger partial charge in [0.2, 0.25) is 0 Å². The summed E-state index contributed by atoms with van der Waals surface area (Å²) in [5.41, 5.74) is -11.7. The number of sulfone groups is 2. The van der Waals surface area contributed by atoms with Gasteiger partial charge in [0.05, 0.1) is 12.7 Å². The summed E-state index contributed by atoms with van der Waals surface area (Å²) < 4.78 is 123. The van der Waals surface area contributed by atoms with Crippen LogP contribution in [0, 0.1) is 0 Å². The molecule has 1 heterocycles. The number of alkyl halides is 6. The molecule has 0 saturated heterocycles. The molecule has 0 aromatic carbocycles.